The Morgan fingerprint density at radius 3 is 2.79 bits per heavy atom. The third-order valence-corrected chi connectivity index (χ3v) is 7.61. The average Bonchev–Trinajstić information content (AvgIpc) is 3.26. The Morgan fingerprint density at radius 2 is 2.11 bits per heavy atom. The van der Waals surface area contributed by atoms with E-state index in [9.17, 15) is 4.79 Å². The highest BCUT2D eigenvalue weighted by atomic mass is 79.9. The molecule has 1 aliphatic carbocycles. The normalized spacial score (nSPS) is 27.5. The van der Waals surface area contributed by atoms with E-state index in [2.05, 4.69) is 27.8 Å². The van der Waals surface area contributed by atoms with Crippen LogP contribution in [0.1, 0.15) is 48.9 Å². The van der Waals surface area contributed by atoms with Crippen LogP contribution >= 0.6 is 39.5 Å². The van der Waals surface area contributed by atoms with Gasteiger partial charge in [0.15, 0.2) is 0 Å². The van der Waals surface area contributed by atoms with Crippen molar-refractivity contribution in [3.63, 3.8) is 0 Å². The number of nitrogens with zero attached hydrogens (tertiary/aromatic N) is 1. The Kier molecular flexibility index (Phi) is 4.29. The van der Waals surface area contributed by atoms with Gasteiger partial charge in [0.2, 0.25) is 0 Å². The van der Waals surface area contributed by atoms with Crippen LogP contribution in [0.3, 0.4) is 0 Å². The summed E-state index contributed by atoms with van der Waals surface area (Å²) in [6, 6.07) is 0. The van der Waals surface area contributed by atoms with Crippen LogP contribution in [0.25, 0.3) is 0 Å². The summed E-state index contributed by atoms with van der Waals surface area (Å²) in [5.74, 6) is 3.73. The number of thioether (sulfide) groups is 2. The van der Waals surface area contributed by atoms with Crippen LogP contribution < -0.4 is 5.56 Å². The molecule has 0 amide bonds. The van der Waals surface area contributed by atoms with Crippen molar-refractivity contribution in [2.24, 2.45) is 0 Å². The monoisotopic (exact) mass is 360 g/mol. The van der Waals surface area contributed by atoms with Gasteiger partial charge in [-0.3, -0.25) is 4.79 Å². The predicted octanol–water partition coefficient (Wildman–Crippen LogP) is 3.71. The Bertz CT molecular complexity index is 530. The zero-order valence-electron chi connectivity index (χ0n) is 10.8. The van der Waals surface area contributed by atoms with Crippen molar-refractivity contribution in [3.05, 3.63) is 26.3 Å². The van der Waals surface area contributed by atoms with Gasteiger partial charge in [-0.05, 0) is 35.2 Å². The number of rotatable bonds is 3. The molecule has 2 heterocycles. The van der Waals surface area contributed by atoms with Gasteiger partial charge in [-0.15, -0.1) is 11.8 Å². The highest BCUT2D eigenvalue weighted by Gasteiger charge is 2.32. The molecule has 1 saturated carbocycles. The summed E-state index contributed by atoms with van der Waals surface area (Å²) >= 11 is 7.34. The Morgan fingerprint density at radius 1 is 1.37 bits per heavy atom. The van der Waals surface area contributed by atoms with E-state index in [0.29, 0.717) is 20.9 Å². The molecule has 3 rings (SSSR count). The van der Waals surface area contributed by atoms with Gasteiger partial charge in [0.1, 0.15) is 10.3 Å². The highest BCUT2D eigenvalue weighted by Crippen LogP contribution is 2.45. The molecule has 2 atom stereocenters. The third kappa shape index (κ3) is 2.90. The second-order valence-electron chi connectivity index (χ2n) is 5.03. The number of nitrogens with one attached hydrogen (secondary N) is 1. The van der Waals surface area contributed by atoms with Gasteiger partial charge in [-0.1, -0.05) is 6.92 Å². The summed E-state index contributed by atoms with van der Waals surface area (Å²) < 4.78 is 0.639. The Labute approximate surface area is 129 Å². The lowest BCUT2D eigenvalue weighted by molar-refractivity contribution is 0.732. The number of hydrogen-bond acceptors (Lipinski definition) is 4. The molecule has 2 unspecified atom stereocenters. The molecule has 104 valence electrons. The van der Waals surface area contributed by atoms with Gasteiger partial charge in [0.05, 0.1) is 10.9 Å². The number of hydrogen-bond donors (Lipinski definition) is 1. The molecule has 19 heavy (non-hydrogen) atoms. The minimum atomic E-state index is -0.0158. The summed E-state index contributed by atoms with van der Waals surface area (Å²) in [7, 11) is 0. The first kappa shape index (κ1) is 14.0. The van der Waals surface area contributed by atoms with E-state index in [1.165, 1.54) is 5.75 Å². The fourth-order valence-electron chi connectivity index (χ4n) is 2.41. The van der Waals surface area contributed by atoms with E-state index in [0.717, 1.165) is 36.5 Å². The molecular weight excluding hydrogens is 344 g/mol. The van der Waals surface area contributed by atoms with E-state index in [-0.39, 0.29) is 5.56 Å². The fraction of sp³-hybridized carbons (Fsp3) is 0.692. The fourth-order valence-corrected chi connectivity index (χ4v) is 5.94. The van der Waals surface area contributed by atoms with Crippen molar-refractivity contribution in [3.8, 4) is 0 Å². The van der Waals surface area contributed by atoms with E-state index in [4.69, 9.17) is 4.98 Å². The molecule has 0 bridgehead atoms. The molecular formula is C13H17BrN2OS2. The number of aromatic nitrogens is 2. The summed E-state index contributed by atoms with van der Waals surface area (Å²) in [4.78, 5) is 19.8. The zero-order valence-corrected chi connectivity index (χ0v) is 14.0. The summed E-state index contributed by atoms with van der Waals surface area (Å²) in [6.07, 6.45) is 3.46. The minimum absolute atomic E-state index is 0.0158. The average molecular weight is 361 g/mol. The predicted molar refractivity (Wildman–Crippen MR) is 86.3 cm³/mol. The molecule has 2 aliphatic rings. The van der Waals surface area contributed by atoms with Crippen molar-refractivity contribution in [1.29, 1.82) is 0 Å². The number of halogens is 1. The minimum Gasteiger partial charge on any atom is -0.309 e. The lowest BCUT2D eigenvalue weighted by Crippen LogP contribution is -2.24. The van der Waals surface area contributed by atoms with Crippen molar-refractivity contribution in [1.82, 2.24) is 9.97 Å². The van der Waals surface area contributed by atoms with Crippen LogP contribution in [0, 0.1) is 0 Å². The van der Waals surface area contributed by atoms with Crippen LogP contribution in [-0.2, 0) is 0 Å². The van der Waals surface area contributed by atoms with Crippen LogP contribution in [0.2, 0.25) is 0 Å². The van der Waals surface area contributed by atoms with E-state index in [1.54, 1.807) is 0 Å². The zero-order chi connectivity index (χ0) is 13.4. The molecule has 6 heteroatoms. The van der Waals surface area contributed by atoms with Crippen molar-refractivity contribution >= 4 is 39.5 Å². The van der Waals surface area contributed by atoms with E-state index < -0.39 is 0 Å². The standard InChI is InChI=1S/C13H17BrN2OS2/c1-2-8-11(19-6-5-18-8)12-15-10(7-3-4-7)9(14)13(17)16-12/h7-8,11H,2-6H2,1H3,(H,15,16,17). The van der Waals surface area contributed by atoms with E-state index in [1.807, 2.05) is 23.5 Å². The van der Waals surface area contributed by atoms with Gasteiger partial charge in [0, 0.05) is 22.7 Å². The Hall–Kier alpha value is 0.0600. The smallest absolute Gasteiger partial charge is 0.265 e. The van der Waals surface area contributed by atoms with Crippen LogP contribution in [0.5, 0.6) is 0 Å². The molecule has 1 aromatic heterocycles. The largest absolute Gasteiger partial charge is 0.309 e. The van der Waals surface area contributed by atoms with Crippen molar-refractivity contribution < 1.29 is 0 Å². The Balaban J connectivity index is 1.97. The van der Waals surface area contributed by atoms with E-state index >= 15 is 0 Å². The van der Waals surface area contributed by atoms with Gasteiger partial charge in [-0.25, -0.2) is 4.98 Å². The molecule has 0 spiro atoms. The molecule has 1 N–H and O–H groups in total. The summed E-state index contributed by atoms with van der Waals surface area (Å²) in [5, 5.41) is 0.900. The van der Waals surface area contributed by atoms with Gasteiger partial charge in [0.25, 0.3) is 5.56 Å². The highest BCUT2D eigenvalue weighted by molar-refractivity contribution is 9.10. The van der Waals surface area contributed by atoms with Gasteiger partial charge >= 0.3 is 0 Å². The first-order chi connectivity index (χ1) is 9.20. The maximum atomic E-state index is 12.1. The molecule has 1 aliphatic heterocycles. The molecule has 0 radical (unpaired) electrons. The SMILES string of the molecule is CCC1SCCSC1c1nc(C2CC2)c(Br)c(=O)[nH]1. The quantitative estimate of drug-likeness (QED) is 0.892. The second kappa shape index (κ2) is 5.82. The van der Waals surface area contributed by atoms with Crippen LogP contribution in [-0.4, -0.2) is 26.7 Å². The van der Waals surface area contributed by atoms with Crippen LogP contribution in [0.4, 0.5) is 0 Å². The molecule has 0 aromatic carbocycles. The molecule has 1 aromatic rings. The third-order valence-electron chi connectivity index (χ3n) is 3.59. The molecule has 2 fully saturated rings. The first-order valence-electron chi connectivity index (χ1n) is 6.73. The molecule has 1 saturated heterocycles. The topological polar surface area (TPSA) is 45.8 Å². The van der Waals surface area contributed by atoms with Crippen molar-refractivity contribution in [2.45, 2.75) is 42.6 Å². The molecule has 3 nitrogen and oxygen atoms in total. The van der Waals surface area contributed by atoms with Gasteiger partial charge < -0.3 is 4.98 Å². The second-order valence-corrected chi connectivity index (χ2v) is 8.42. The first-order valence-corrected chi connectivity index (χ1v) is 9.62. The summed E-state index contributed by atoms with van der Waals surface area (Å²) in [6.45, 7) is 2.22. The number of aromatic amines is 1. The lowest BCUT2D eigenvalue weighted by atomic mass is 10.2. The maximum Gasteiger partial charge on any atom is 0.265 e. The summed E-state index contributed by atoms with van der Waals surface area (Å²) in [5.41, 5.74) is 0.961. The maximum absolute atomic E-state index is 12.1. The van der Waals surface area contributed by atoms with Crippen LogP contribution in [0.15, 0.2) is 9.27 Å². The number of H-pyrrole nitrogens is 1. The van der Waals surface area contributed by atoms with Gasteiger partial charge in [-0.2, -0.15) is 11.8 Å². The van der Waals surface area contributed by atoms with Crippen molar-refractivity contribution in [2.75, 3.05) is 11.5 Å². The lowest BCUT2D eigenvalue weighted by Gasteiger charge is -2.29.